The maximum Gasteiger partial charge on any atom is 0.122 e. The fourth-order valence-corrected chi connectivity index (χ4v) is 2.40. The van der Waals surface area contributed by atoms with E-state index in [0.717, 1.165) is 23.0 Å². The average molecular weight is 220 g/mol. The first-order valence-corrected chi connectivity index (χ1v) is 5.90. The van der Waals surface area contributed by atoms with Crippen LogP contribution in [0.2, 0.25) is 0 Å². The van der Waals surface area contributed by atoms with Gasteiger partial charge in [-0.1, -0.05) is 13.3 Å². The molecule has 1 saturated carbocycles. The summed E-state index contributed by atoms with van der Waals surface area (Å²) >= 11 is 0. The number of hydrogen-bond donors (Lipinski definition) is 2. The smallest absolute Gasteiger partial charge is 0.122 e. The Morgan fingerprint density at radius 1 is 1.31 bits per heavy atom. The van der Waals surface area contributed by atoms with Gasteiger partial charge in [-0.3, -0.25) is 0 Å². The van der Waals surface area contributed by atoms with Gasteiger partial charge in [-0.15, -0.1) is 0 Å². The summed E-state index contributed by atoms with van der Waals surface area (Å²) in [6.07, 6.45) is 3.88. The summed E-state index contributed by atoms with van der Waals surface area (Å²) < 4.78 is 5.21. The molecule has 3 N–H and O–H groups in total. The van der Waals surface area contributed by atoms with E-state index in [4.69, 9.17) is 10.5 Å². The van der Waals surface area contributed by atoms with Gasteiger partial charge < -0.3 is 15.8 Å². The molecule has 0 aliphatic heterocycles. The Balaban J connectivity index is 2.11. The van der Waals surface area contributed by atoms with Crippen molar-refractivity contribution in [3.05, 3.63) is 18.2 Å². The van der Waals surface area contributed by atoms with Crippen LogP contribution in [0, 0.1) is 5.92 Å². The molecule has 0 bridgehead atoms. The van der Waals surface area contributed by atoms with E-state index in [2.05, 4.69) is 12.2 Å². The lowest BCUT2D eigenvalue weighted by molar-refractivity contribution is 0.415. The molecule has 0 amide bonds. The summed E-state index contributed by atoms with van der Waals surface area (Å²) in [5.41, 5.74) is 7.63. The highest BCUT2D eigenvalue weighted by atomic mass is 16.5. The molecule has 0 heterocycles. The molecule has 1 aliphatic carbocycles. The molecule has 0 saturated heterocycles. The van der Waals surface area contributed by atoms with Crippen LogP contribution in [0.3, 0.4) is 0 Å². The summed E-state index contributed by atoms with van der Waals surface area (Å²) in [5, 5.41) is 3.55. The Hall–Kier alpha value is -1.38. The van der Waals surface area contributed by atoms with Crippen molar-refractivity contribution in [2.45, 2.75) is 32.2 Å². The van der Waals surface area contributed by atoms with Gasteiger partial charge in [0, 0.05) is 29.5 Å². The van der Waals surface area contributed by atoms with Crippen molar-refractivity contribution in [3.8, 4) is 5.75 Å². The molecule has 0 radical (unpaired) electrons. The highest BCUT2D eigenvalue weighted by Crippen LogP contribution is 2.30. The summed E-state index contributed by atoms with van der Waals surface area (Å²) in [5.74, 6) is 1.56. The lowest BCUT2D eigenvalue weighted by atomic mass is 10.1. The number of anilines is 2. The van der Waals surface area contributed by atoms with E-state index in [-0.39, 0.29) is 0 Å². The topological polar surface area (TPSA) is 47.3 Å². The fourth-order valence-electron chi connectivity index (χ4n) is 2.40. The van der Waals surface area contributed by atoms with Crippen molar-refractivity contribution in [2.24, 2.45) is 5.92 Å². The van der Waals surface area contributed by atoms with Crippen LogP contribution < -0.4 is 15.8 Å². The van der Waals surface area contributed by atoms with Crippen LogP contribution in [0.4, 0.5) is 11.4 Å². The first-order chi connectivity index (χ1) is 7.69. The number of ether oxygens (including phenoxy) is 1. The standard InChI is InChI=1S/C13H20N2O/c1-9-4-3-5-13(9)15-11-6-10(14)7-12(8-11)16-2/h6-9,13,15H,3-5,14H2,1-2H3. The number of rotatable bonds is 3. The number of nitrogen functional groups attached to an aromatic ring is 1. The quantitative estimate of drug-likeness (QED) is 0.770. The van der Waals surface area contributed by atoms with Gasteiger partial charge >= 0.3 is 0 Å². The highest BCUT2D eigenvalue weighted by Gasteiger charge is 2.22. The van der Waals surface area contributed by atoms with Gasteiger partial charge in [0.25, 0.3) is 0 Å². The second-order valence-corrected chi connectivity index (χ2v) is 4.65. The van der Waals surface area contributed by atoms with Crippen molar-refractivity contribution in [1.29, 1.82) is 0 Å². The number of benzene rings is 1. The van der Waals surface area contributed by atoms with E-state index >= 15 is 0 Å². The molecule has 0 aromatic heterocycles. The zero-order valence-electron chi connectivity index (χ0n) is 9.99. The molecular formula is C13H20N2O. The van der Waals surface area contributed by atoms with Gasteiger partial charge in [0.05, 0.1) is 7.11 Å². The van der Waals surface area contributed by atoms with Crippen molar-refractivity contribution in [3.63, 3.8) is 0 Å². The van der Waals surface area contributed by atoms with Crippen LogP contribution in [-0.2, 0) is 0 Å². The Kier molecular flexibility index (Phi) is 3.22. The summed E-state index contributed by atoms with van der Waals surface area (Å²) in [6.45, 7) is 2.30. The Morgan fingerprint density at radius 2 is 2.12 bits per heavy atom. The van der Waals surface area contributed by atoms with Gasteiger partial charge in [0.15, 0.2) is 0 Å². The predicted molar refractivity (Wildman–Crippen MR) is 67.8 cm³/mol. The molecule has 16 heavy (non-hydrogen) atoms. The molecule has 3 heteroatoms. The first kappa shape index (κ1) is 11.1. The largest absolute Gasteiger partial charge is 0.497 e. The number of nitrogens with one attached hydrogen (secondary N) is 1. The first-order valence-electron chi connectivity index (χ1n) is 5.90. The van der Waals surface area contributed by atoms with Crippen LogP contribution in [-0.4, -0.2) is 13.2 Å². The van der Waals surface area contributed by atoms with Gasteiger partial charge in [-0.05, 0) is 24.8 Å². The Morgan fingerprint density at radius 3 is 2.75 bits per heavy atom. The van der Waals surface area contributed by atoms with Crippen molar-refractivity contribution < 1.29 is 4.74 Å². The minimum absolute atomic E-state index is 0.575. The number of nitrogens with two attached hydrogens (primary N) is 1. The van der Waals surface area contributed by atoms with E-state index in [1.807, 2.05) is 18.2 Å². The normalized spacial score (nSPS) is 24.4. The van der Waals surface area contributed by atoms with Gasteiger partial charge in [-0.25, -0.2) is 0 Å². The second-order valence-electron chi connectivity index (χ2n) is 4.65. The minimum atomic E-state index is 0.575. The summed E-state index contributed by atoms with van der Waals surface area (Å²) in [6, 6.07) is 6.38. The molecule has 2 atom stereocenters. The van der Waals surface area contributed by atoms with Crippen LogP contribution in [0.1, 0.15) is 26.2 Å². The van der Waals surface area contributed by atoms with E-state index in [0.29, 0.717) is 6.04 Å². The molecule has 2 rings (SSSR count). The van der Waals surface area contributed by atoms with Crippen LogP contribution >= 0.6 is 0 Å². The maximum absolute atomic E-state index is 5.82. The lowest BCUT2D eigenvalue weighted by Crippen LogP contribution is -2.21. The molecule has 1 aromatic rings. The van der Waals surface area contributed by atoms with Crippen molar-refractivity contribution >= 4 is 11.4 Å². The van der Waals surface area contributed by atoms with E-state index < -0.39 is 0 Å². The zero-order valence-corrected chi connectivity index (χ0v) is 9.99. The number of hydrogen-bond acceptors (Lipinski definition) is 3. The Labute approximate surface area is 97.0 Å². The summed E-state index contributed by atoms with van der Waals surface area (Å²) in [7, 11) is 1.66. The van der Waals surface area contributed by atoms with Crippen LogP contribution in [0.25, 0.3) is 0 Å². The van der Waals surface area contributed by atoms with Gasteiger partial charge in [0.1, 0.15) is 5.75 Å². The third-order valence-corrected chi connectivity index (χ3v) is 3.38. The summed E-state index contributed by atoms with van der Waals surface area (Å²) in [4.78, 5) is 0. The average Bonchev–Trinajstić information content (AvgIpc) is 2.63. The minimum Gasteiger partial charge on any atom is -0.497 e. The molecule has 0 spiro atoms. The molecule has 1 aromatic carbocycles. The van der Waals surface area contributed by atoms with E-state index in [1.165, 1.54) is 19.3 Å². The molecule has 2 unspecified atom stereocenters. The lowest BCUT2D eigenvalue weighted by Gasteiger charge is -2.19. The predicted octanol–water partition coefficient (Wildman–Crippen LogP) is 2.88. The molecular weight excluding hydrogens is 200 g/mol. The third-order valence-electron chi connectivity index (χ3n) is 3.38. The molecule has 3 nitrogen and oxygen atoms in total. The van der Waals surface area contributed by atoms with E-state index in [9.17, 15) is 0 Å². The SMILES string of the molecule is COc1cc(N)cc(NC2CCCC2C)c1. The number of methoxy groups -OCH3 is 1. The van der Waals surface area contributed by atoms with Gasteiger partial charge in [-0.2, -0.15) is 0 Å². The van der Waals surface area contributed by atoms with Gasteiger partial charge in [0.2, 0.25) is 0 Å². The Bertz CT molecular complexity index is 365. The fraction of sp³-hybridized carbons (Fsp3) is 0.538. The maximum atomic E-state index is 5.82. The molecule has 1 aliphatic rings. The highest BCUT2D eigenvalue weighted by molar-refractivity contribution is 5.59. The van der Waals surface area contributed by atoms with Crippen molar-refractivity contribution in [1.82, 2.24) is 0 Å². The molecule has 88 valence electrons. The second kappa shape index (κ2) is 4.64. The third kappa shape index (κ3) is 2.40. The van der Waals surface area contributed by atoms with Crippen LogP contribution in [0.15, 0.2) is 18.2 Å². The van der Waals surface area contributed by atoms with Crippen LogP contribution in [0.5, 0.6) is 5.75 Å². The van der Waals surface area contributed by atoms with E-state index in [1.54, 1.807) is 7.11 Å². The van der Waals surface area contributed by atoms with Crippen molar-refractivity contribution in [2.75, 3.05) is 18.2 Å². The monoisotopic (exact) mass is 220 g/mol. The molecule has 1 fully saturated rings. The zero-order chi connectivity index (χ0) is 11.5.